The van der Waals surface area contributed by atoms with Crippen LogP contribution < -0.4 is 10.6 Å². The lowest BCUT2D eigenvalue weighted by Gasteiger charge is -2.17. The maximum absolute atomic E-state index is 5.40. The standard InChI is InChI=1S/C9H16N4O/c1-9(2)3-4-13(6-9)8-12-11-7(5-10)14-8/h3-6,10H2,1-2H3. The van der Waals surface area contributed by atoms with Gasteiger partial charge in [-0.2, -0.15) is 0 Å². The van der Waals surface area contributed by atoms with Gasteiger partial charge in [0.05, 0.1) is 6.54 Å². The lowest BCUT2D eigenvalue weighted by molar-refractivity contribution is 0.413. The largest absolute Gasteiger partial charge is 0.407 e. The first-order chi connectivity index (χ1) is 6.61. The Kier molecular flexibility index (Phi) is 2.19. The topological polar surface area (TPSA) is 68.2 Å². The zero-order valence-electron chi connectivity index (χ0n) is 8.66. The Hall–Kier alpha value is -1.10. The molecular weight excluding hydrogens is 180 g/mol. The third-order valence-corrected chi connectivity index (χ3v) is 2.58. The van der Waals surface area contributed by atoms with E-state index in [1.807, 2.05) is 0 Å². The molecule has 5 heteroatoms. The Morgan fingerprint density at radius 3 is 2.79 bits per heavy atom. The van der Waals surface area contributed by atoms with Crippen molar-refractivity contribution in [2.45, 2.75) is 26.8 Å². The van der Waals surface area contributed by atoms with Gasteiger partial charge in [-0.15, -0.1) is 5.10 Å². The maximum atomic E-state index is 5.40. The van der Waals surface area contributed by atoms with Crippen LogP contribution in [0.1, 0.15) is 26.2 Å². The number of rotatable bonds is 2. The number of anilines is 1. The highest BCUT2D eigenvalue weighted by Gasteiger charge is 2.31. The third kappa shape index (κ3) is 1.72. The SMILES string of the molecule is CC1(C)CCN(c2nnc(CN)o2)C1. The van der Waals surface area contributed by atoms with Crippen LogP contribution in [0.25, 0.3) is 0 Å². The van der Waals surface area contributed by atoms with E-state index in [4.69, 9.17) is 10.2 Å². The summed E-state index contributed by atoms with van der Waals surface area (Å²) in [5, 5.41) is 7.81. The predicted molar refractivity (Wildman–Crippen MR) is 52.8 cm³/mol. The molecule has 1 fully saturated rings. The molecule has 1 aromatic rings. The van der Waals surface area contributed by atoms with Crippen LogP contribution >= 0.6 is 0 Å². The molecule has 5 nitrogen and oxygen atoms in total. The molecule has 2 N–H and O–H groups in total. The van der Waals surface area contributed by atoms with Gasteiger partial charge in [-0.25, -0.2) is 0 Å². The van der Waals surface area contributed by atoms with Gasteiger partial charge in [0.1, 0.15) is 0 Å². The summed E-state index contributed by atoms with van der Waals surface area (Å²) in [6.45, 7) is 6.75. The minimum atomic E-state index is 0.310. The van der Waals surface area contributed by atoms with Crippen LogP contribution in [-0.4, -0.2) is 23.3 Å². The monoisotopic (exact) mass is 196 g/mol. The lowest BCUT2D eigenvalue weighted by atomic mass is 9.93. The van der Waals surface area contributed by atoms with E-state index in [9.17, 15) is 0 Å². The van der Waals surface area contributed by atoms with Crippen molar-refractivity contribution in [1.82, 2.24) is 10.2 Å². The molecule has 0 aliphatic carbocycles. The van der Waals surface area contributed by atoms with E-state index in [1.165, 1.54) is 0 Å². The molecule has 1 saturated heterocycles. The maximum Gasteiger partial charge on any atom is 0.318 e. The average molecular weight is 196 g/mol. The zero-order chi connectivity index (χ0) is 10.2. The Bertz CT molecular complexity index is 320. The smallest absolute Gasteiger partial charge is 0.318 e. The van der Waals surface area contributed by atoms with E-state index in [0.29, 0.717) is 23.9 Å². The van der Waals surface area contributed by atoms with E-state index < -0.39 is 0 Å². The molecule has 0 radical (unpaired) electrons. The van der Waals surface area contributed by atoms with Gasteiger partial charge in [0.25, 0.3) is 0 Å². The fourth-order valence-electron chi connectivity index (χ4n) is 1.73. The first-order valence-electron chi connectivity index (χ1n) is 4.88. The van der Waals surface area contributed by atoms with Gasteiger partial charge < -0.3 is 15.1 Å². The molecule has 0 saturated carbocycles. The molecule has 0 unspecified atom stereocenters. The summed E-state index contributed by atoms with van der Waals surface area (Å²) < 4.78 is 5.39. The van der Waals surface area contributed by atoms with Crippen LogP contribution in [0, 0.1) is 5.41 Å². The normalized spacial score (nSPS) is 20.4. The fourth-order valence-corrected chi connectivity index (χ4v) is 1.73. The minimum absolute atomic E-state index is 0.310. The van der Waals surface area contributed by atoms with Crippen LogP contribution in [0.4, 0.5) is 6.01 Å². The fraction of sp³-hybridized carbons (Fsp3) is 0.778. The number of hydrogen-bond donors (Lipinski definition) is 1. The molecule has 0 atom stereocenters. The second-order valence-corrected chi connectivity index (χ2v) is 4.52. The molecule has 0 spiro atoms. The Morgan fingerprint density at radius 2 is 2.29 bits per heavy atom. The van der Waals surface area contributed by atoms with Crippen LogP contribution in [0.3, 0.4) is 0 Å². The Balaban J connectivity index is 2.09. The van der Waals surface area contributed by atoms with Gasteiger partial charge in [0, 0.05) is 13.1 Å². The van der Waals surface area contributed by atoms with E-state index in [-0.39, 0.29) is 0 Å². The Morgan fingerprint density at radius 1 is 1.50 bits per heavy atom. The van der Waals surface area contributed by atoms with E-state index in [1.54, 1.807) is 0 Å². The van der Waals surface area contributed by atoms with Crippen molar-refractivity contribution >= 4 is 6.01 Å². The van der Waals surface area contributed by atoms with E-state index in [0.717, 1.165) is 19.5 Å². The second-order valence-electron chi connectivity index (χ2n) is 4.52. The van der Waals surface area contributed by atoms with Gasteiger partial charge in [0.2, 0.25) is 5.89 Å². The molecule has 1 aromatic heterocycles. The second kappa shape index (κ2) is 3.24. The number of hydrogen-bond acceptors (Lipinski definition) is 5. The van der Waals surface area contributed by atoms with Gasteiger partial charge >= 0.3 is 6.01 Å². The lowest BCUT2D eigenvalue weighted by Crippen LogP contribution is -2.22. The third-order valence-electron chi connectivity index (χ3n) is 2.58. The van der Waals surface area contributed by atoms with Crippen molar-refractivity contribution in [3.05, 3.63) is 5.89 Å². The highest BCUT2D eigenvalue weighted by molar-refractivity contribution is 5.27. The number of nitrogens with two attached hydrogens (primary N) is 1. The number of aromatic nitrogens is 2. The first-order valence-corrected chi connectivity index (χ1v) is 4.88. The van der Waals surface area contributed by atoms with Crippen LogP contribution in [0.15, 0.2) is 4.42 Å². The van der Waals surface area contributed by atoms with Crippen molar-refractivity contribution in [1.29, 1.82) is 0 Å². The summed E-state index contributed by atoms with van der Waals surface area (Å²) in [5.41, 5.74) is 5.74. The van der Waals surface area contributed by atoms with Crippen LogP contribution in [0.5, 0.6) is 0 Å². The van der Waals surface area contributed by atoms with Crippen LogP contribution in [-0.2, 0) is 6.54 Å². The number of nitrogens with zero attached hydrogens (tertiary/aromatic N) is 3. The first kappa shape index (κ1) is 9.45. The van der Waals surface area contributed by atoms with Gasteiger partial charge in [-0.3, -0.25) is 0 Å². The molecule has 1 aliphatic rings. The van der Waals surface area contributed by atoms with Crippen molar-refractivity contribution < 1.29 is 4.42 Å². The van der Waals surface area contributed by atoms with Crippen molar-refractivity contribution in [3.63, 3.8) is 0 Å². The van der Waals surface area contributed by atoms with Crippen molar-refractivity contribution in [2.75, 3.05) is 18.0 Å². The molecule has 0 aromatic carbocycles. The summed E-state index contributed by atoms with van der Waals surface area (Å²) in [6, 6.07) is 0.607. The molecule has 2 heterocycles. The van der Waals surface area contributed by atoms with Crippen molar-refractivity contribution in [3.8, 4) is 0 Å². The highest BCUT2D eigenvalue weighted by atomic mass is 16.4. The molecule has 0 amide bonds. The Labute approximate surface area is 83.3 Å². The molecule has 2 rings (SSSR count). The summed E-state index contributed by atoms with van der Waals surface area (Å²) >= 11 is 0. The quantitative estimate of drug-likeness (QED) is 0.756. The minimum Gasteiger partial charge on any atom is -0.407 e. The molecular formula is C9H16N4O. The molecule has 1 aliphatic heterocycles. The molecule has 14 heavy (non-hydrogen) atoms. The van der Waals surface area contributed by atoms with Gasteiger partial charge in [-0.1, -0.05) is 18.9 Å². The van der Waals surface area contributed by atoms with E-state index >= 15 is 0 Å². The summed E-state index contributed by atoms with van der Waals surface area (Å²) in [6.07, 6.45) is 1.16. The highest BCUT2D eigenvalue weighted by Crippen LogP contribution is 2.31. The average Bonchev–Trinajstić information content (AvgIpc) is 2.70. The molecule has 78 valence electrons. The van der Waals surface area contributed by atoms with E-state index in [2.05, 4.69) is 28.9 Å². The van der Waals surface area contributed by atoms with Crippen molar-refractivity contribution in [2.24, 2.45) is 11.1 Å². The van der Waals surface area contributed by atoms with Gasteiger partial charge in [0.15, 0.2) is 0 Å². The molecule has 0 bridgehead atoms. The summed E-state index contributed by atoms with van der Waals surface area (Å²) in [7, 11) is 0. The zero-order valence-corrected chi connectivity index (χ0v) is 8.66. The summed E-state index contributed by atoms with van der Waals surface area (Å²) in [4.78, 5) is 2.12. The van der Waals surface area contributed by atoms with Crippen LogP contribution in [0.2, 0.25) is 0 Å². The summed E-state index contributed by atoms with van der Waals surface area (Å²) in [5.74, 6) is 0.504. The van der Waals surface area contributed by atoms with Gasteiger partial charge in [-0.05, 0) is 11.8 Å². The predicted octanol–water partition coefficient (Wildman–Crippen LogP) is 0.765.